The molecule has 2 amide bonds. The van der Waals surface area contributed by atoms with Crippen molar-refractivity contribution in [2.24, 2.45) is 5.73 Å². The van der Waals surface area contributed by atoms with Gasteiger partial charge in [-0.25, -0.2) is 0 Å². The minimum atomic E-state index is -0.539. The van der Waals surface area contributed by atoms with Crippen LogP contribution in [0.5, 0.6) is 5.75 Å². The summed E-state index contributed by atoms with van der Waals surface area (Å²) in [5.74, 6) is 0.787. The van der Waals surface area contributed by atoms with Crippen LogP contribution >= 0.6 is 0 Å². The van der Waals surface area contributed by atoms with Gasteiger partial charge in [0.2, 0.25) is 5.91 Å². The monoisotopic (exact) mass is 361 g/mol. The number of carbonyl (C=O) groups is 2. The summed E-state index contributed by atoms with van der Waals surface area (Å²) in [6.07, 6.45) is 1.60. The van der Waals surface area contributed by atoms with Crippen molar-refractivity contribution in [3.05, 3.63) is 29.8 Å². The van der Waals surface area contributed by atoms with Gasteiger partial charge in [-0.3, -0.25) is 9.59 Å². The molecule has 1 aromatic rings. The zero-order valence-electron chi connectivity index (χ0n) is 16.1. The zero-order chi connectivity index (χ0) is 19.1. The van der Waals surface area contributed by atoms with E-state index < -0.39 is 6.10 Å². The second kappa shape index (κ2) is 9.57. The van der Waals surface area contributed by atoms with Crippen molar-refractivity contribution >= 4 is 11.8 Å². The Kier molecular flexibility index (Phi) is 7.45. The Hall–Kier alpha value is -2.08. The number of amides is 2. The SMILES string of the molecule is CCc1ccc(OC(C)C(=O)N2CCN(C(=O)CCC(C)N)CC2)cc1. The predicted molar refractivity (Wildman–Crippen MR) is 102 cm³/mol. The van der Waals surface area contributed by atoms with Crippen molar-refractivity contribution in [3.63, 3.8) is 0 Å². The van der Waals surface area contributed by atoms with Gasteiger partial charge in [-0.05, 0) is 44.4 Å². The lowest BCUT2D eigenvalue weighted by Gasteiger charge is -2.36. The van der Waals surface area contributed by atoms with E-state index in [-0.39, 0.29) is 17.9 Å². The van der Waals surface area contributed by atoms with Gasteiger partial charge >= 0.3 is 0 Å². The van der Waals surface area contributed by atoms with Crippen LogP contribution in [-0.4, -0.2) is 59.9 Å². The first-order valence-corrected chi connectivity index (χ1v) is 9.48. The largest absolute Gasteiger partial charge is 0.481 e. The molecule has 26 heavy (non-hydrogen) atoms. The maximum absolute atomic E-state index is 12.6. The molecule has 0 saturated carbocycles. The summed E-state index contributed by atoms with van der Waals surface area (Å²) < 4.78 is 5.78. The van der Waals surface area contributed by atoms with Crippen molar-refractivity contribution in [1.82, 2.24) is 9.80 Å². The van der Waals surface area contributed by atoms with Gasteiger partial charge in [-0.1, -0.05) is 19.1 Å². The normalized spacial score (nSPS) is 16.9. The smallest absolute Gasteiger partial charge is 0.263 e. The molecule has 144 valence electrons. The molecule has 0 aliphatic carbocycles. The number of piperazine rings is 1. The number of hydrogen-bond donors (Lipinski definition) is 1. The fourth-order valence-corrected chi connectivity index (χ4v) is 3.00. The van der Waals surface area contributed by atoms with Crippen LogP contribution in [0.1, 0.15) is 39.2 Å². The Balaban J connectivity index is 1.80. The summed E-state index contributed by atoms with van der Waals surface area (Å²) in [4.78, 5) is 28.3. The molecular formula is C20H31N3O3. The summed E-state index contributed by atoms with van der Waals surface area (Å²) in [7, 11) is 0. The van der Waals surface area contributed by atoms with E-state index in [0.29, 0.717) is 44.8 Å². The van der Waals surface area contributed by atoms with E-state index >= 15 is 0 Å². The molecule has 1 saturated heterocycles. The van der Waals surface area contributed by atoms with E-state index in [4.69, 9.17) is 10.5 Å². The van der Waals surface area contributed by atoms with Gasteiger partial charge in [0.25, 0.3) is 5.91 Å². The minimum absolute atomic E-state index is 0.0335. The highest BCUT2D eigenvalue weighted by molar-refractivity contribution is 5.81. The summed E-state index contributed by atoms with van der Waals surface area (Å²) in [5.41, 5.74) is 6.94. The molecule has 0 spiro atoms. The zero-order valence-corrected chi connectivity index (χ0v) is 16.1. The fraction of sp³-hybridized carbons (Fsp3) is 0.600. The van der Waals surface area contributed by atoms with Crippen LogP contribution in [0.15, 0.2) is 24.3 Å². The lowest BCUT2D eigenvalue weighted by molar-refractivity contribution is -0.143. The highest BCUT2D eigenvalue weighted by atomic mass is 16.5. The first kappa shape index (κ1) is 20.2. The van der Waals surface area contributed by atoms with Crippen LogP contribution in [0.2, 0.25) is 0 Å². The number of ether oxygens (including phenoxy) is 1. The molecule has 1 fully saturated rings. The molecule has 2 rings (SSSR count). The highest BCUT2D eigenvalue weighted by Crippen LogP contribution is 2.16. The van der Waals surface area contributed by atoms with Gasteiger partial charge in [-0.2, -0.15) is 0 Å². The number of aryl methyl sites for hydroxylation is 1. The standard InChI is InChI=1S/C20H31N3O3/c1-4-17-6-8-18(9-7-17)26-16(3)20(25)23-13-11-22(12-14-23)19(24)10-5-15(2)21/h6-9,15-16H,4-5,10-14,21H2,1-3H3. The molecule has 1 aliphatic rings. The van der Waals surface area contributed by atoms with Crippen LogP contribution < -0.4 is 10.5 Å². The molecule has 6 heteroatoms. The molecule has 0 radical (unpaired) electrons. The van der Waals surface area contributed by atoms with E-state index in [1.807, 2.05) is 36.1 Å². The maximum atomic E-state index is 12.6. The third-order valence-electron chi connectivity index (χ3n) is 4.75. The Morgan fingerprint density at radius 1 is 1.08 bits per heavy atom. The van der Waals surface area contributed by atoms with Crippen LogP contribution in [0.3, 0.4) is 0 Å². The van der Waals surface area contributed by atoms with Gasteiger partial charge in [-0.15, -0.1) is 0 Å². The minimum Gasteiger partial charge on any atom is -0.481 e. The van der Waals surface area contributed by atoms with Gasteiger partial charge in [0.05, 0.1) is 0 Å². The Morgan fingerprint density at radius 3 is 2.19 bits per heavy atom. The van der Waals surface area contributed by atoms with E-state index in [1.165, 1.54) is 5.56 Å². The summed E-state index contributed by atoms with van der Waals surface area (Å²) in [5, 5.41) is 0. The van der Waals surface area contributed by atoms with Crippen molar-refractivity contribution in [2.45, 2.75) is 52.2 Å². The van der Waals surface area contributed by atoms with E-state index in [0.717, 1.165) is 6.42 Å². The van der Waals surface area contributed by atoms with Crippen molar-refractivity contribution in [2.75, 3.05) is 26.2 Å². The molecule has 2 unspecified atom stereocenters. The molecule has 2 atom stereocenters. The summed E-state index contributed by atoms with van der Waals surface area (Å²) in [6, 6.07) is 7.86. The Labute approximate surface area is 156 Å². The molecule has 1 heterocycles. The molecule has 1 aliphatic heterocycles. The van der Waals surface area contributed by atoms with Crippen LogP contribution in [0, 0.1) is 0 Å². The van der Waals surface area contributed by atoms with Gasteiger partial charge in [0.15, 0.2) is 6.10 Å². The number of carbonyl (C=O) groups excluding carboxylic acids is 2. The average molecular weight is 361 g/mol. The Morgan fingerprint density at radius 2 is 1.65 bits per heavy atom. The third kappa shape index (κ3) is 5.73. The van der Waals surface area contributed by atoms with Gasteiger partial charge < -0.3 is 20.3 Å². The molecule has 2 N–H and O–H groups in total. The molecule has 6 nitrogen and oxygen atoms in total. The van der Waals surface area contributed by atoms with Crippen LogP contribution in [-0.2, 0) is 16.0 Å². The number of nitrogens with two attached hydrogens (primary N) is 1. The fourth-order valence-electron chi connectivity index (χ4n) is 3.00. The van der Waals surface area contributed by atoms with Crippen molar-refractivity contribution < 1.29 is 14.3 Å². The van der Waals surface area contributed by atoms with Crippen molar-refractivity contribution in [1.29, 1.82) is 0 Å². The second-order valence-corrected chi connectivity index (χ2v) is 6.98. The quantitative estimate of drug-likeness (QED) is 0.804. The number of hydrogen-bond acceptors (Lipinski definition) is 4. The predicted octanol–water partition coefficient (Wildman–Crippen LogP) is 1.81. The van der Waals surface area contributed by atoms with Crippen molar-refractivity contribution in [3.8, 4) is 5.75 Å². The van der Waals surface area contributed by atoms with Gasteiger partial charge in [0, 0.05) is 38.6 Å². The van der Waals surface area contributed by atoms with Crippen LogP contribution in [0.25, 0.3) is 0 Å². The van der Waals surface area contributed by atoms with Crippen LogP contribution in [0.4, 0.5) is 0 Å². The van der Waals surface area contributed by atoms with E-state index in [2.05, 4.69) is 6.92 Å². The van der Waals surface area contributed by atoms with E-state index in [1.54, 1.807) is 11.8 Å². The average Bonchev–Trinajstić information content (AvgIpc) is 2.66. The first-order valence-electron chi connectivity index (χ1n) is 9.48. The lowest BCUT2D eigenvalue weighted by Crippen LogP contribution is -2.53. The molecule has 0 aromatic heterocycles. The maximum Gasteiger partial charge on any atom is 0.263 e. The highest BCUT2D eigenvalue weighted by Gasteiger charge is 2.27. The third-order valence-corrected chi connectivity index (χ3v) is 4.75. The Bertz CT molecular complexity index is 593. The summed E-state index contributed by atoms with van der Waals surface area (Å²) >= 11 is 0. The number of rotatable bonds is 7. The van der Waals surface area contributed by atoms with Gasteiger partial charge in [0.1, 0.15) is 5.75 Å². The van der Waals surface area contributed by atoms with E-state index in [9.17, 15) is 9.59 Å². The number of nitrogens with zero attached hydrogens (tertiary/aromatic N) is 2. The lowest BCUT2D eigenvalue weighted by atomic mass is 10.1. The topological polar surface area (TPSA) is 75.9 Å². The number of benzene rings is 1. The first-order chi connectivity index (χ1) is 12.4. The second-order valence-electron chi connectivity index (χ2n) is 6.98. The molecule has 0 bridgehead atoms. The molecule has 1 aromatic carbocycles. The summed E-state index contributed by atoms with van der Waals surface area (Å²) in [6.45, 7) is 8.01. The molecular weight excluding hydrogens is 330 g/mol.